The van der Waals surface area contributed by atoms with Crippen LogP contribution in [0.3, 0.4) is 0 Å². The normalized spacial score (nSPS) is 23.3. The van der Waals surface area contributed by atoms with Crippen molar-refractivity contribution in [2.24, 2.45) is 0 Å². The Kier molecular flexibility index (Phi) is 7.63. The average molecular weight is 630 g/mol. The number of anilines is 1. The van der Waals surface area contributed by atoms with E-state index in [1.54, 1.807) is 6.19 Å². The summed E-state index contributed by atoms with van der Waals surface area (Å²) in [6, 6.07) is -2.59. The number of benzene rings is 1. The minimum absolute atomic E-state index is 0.00610. The van der Waals surface area contributed by atoms with Crippen LogP contribution in [0, 0.1) is 17.3 Å². The number of carbonyl (C=O) groups is 2. The first-order valence-corrected chi connectivity index (χ1v) is 14.5. The molecule has 2 aromatic rings. The predicted molar refractivity (Wildman–Crippen MR) is 133 cm³/mol. The summed E-state index contributed by atoms with van der Waals surface area (Å²) in [5.74, 6) is -6.22. The van der Waals surface area contributed by atoms with E-state index in [0.717, 1.165) is 23.4 Å². The number of hydrogen-bond acceptors (Lipinski definition) is 5. The second-order valence-electron chi connectivity index (χ2n) is 10.3. The van der Waals surface area contributed by atoms with Gasteiger partial charge in [-0.05, 0) is 43.2 Å². The monoisotopic (exact) mass is 629 g/mol. The molecule has 17 heteroatoms. The summed E-state index contributed by atoms with van der Waals surface area (Å²) in [5.41, 5.74) is -0.873. The van der Waals surface area contributed by atoms with Crippen molar-refractivity contribution in [3.63, 3.8) is 0 Å². The van der Waals surface area contributed by atoms with Gasteiger partial charge in [0.1, 0.15) is 29.0 Å². The predicted octanol–water partition coefficient (Wildman–Crippen LogP) is 6.54. The molecule has 1 aromatic carbocycles. The summed E-state index contributed by atoms with van der Waals surface area (Å²) in [6.45, 7) is -0.515. The fraction of sp³-hybridized carbons (Fsp3) is 0.440. The first-order valence-electron chi connectivity index (χ1n) is 12.5. The van der Waals surface area contributed by atoms with Crippen LogP contribution in [0.15, 0.2) is 47.6 Å². The second kappa shape index (κ2) is 10.2. The van der Waals surface area contributed by atoms with Crippen molar-refractivity contribution in [3.8, 4) is 6.19 Å². The van der Waals surface area contributed by atoms with E-state index in [1.807, 2.05) is 0 Å². The van der Waals surface area contributed by atoms with Crippen molar-refractivity contribution in [1.82, 2.24) is 15.2 Å². The summed E-state index contributed by atoms with van der Waals surface area (Å²) < 4.78 is 123. The smallest absolute Gasteiger partial charge is 0.310 e. The van der Waals surface area contributed by atoms with Crippen LogP contribution in [0.1, 0.15) is 43.7 Å². The molecule has 230 valence electrons. The summed E-state index contributed by atoms with van der Waals surface area (Å²) in [7, 11) is -10.2. The lowest BCUT2D eigenvalue weighted by molar-refractivity contribution is -0.129. The number of nitrogens with zero attached hydrogens (tertiary/aromatic N) is 4. The Balaban J connectivity index is 1.82. The summed E-state index contributed by atoms with van der Waals surface area (Å²) in [6.07, 6.45) is -0.391. The number of rotatable bonds is 7. The van der Waals surface area contributed by atoms with E-state index in [4.69, 9.17) is 0 Å². The Morgan fingerprint density at radius 1 is 1.10 bits per heavy atom. The van der Waals surface area contributed by atoms with Gasteiger partial charge in [0.25, 0.3) is 5.91 Å². The van der Waals surface area contributed by atoms with E-state index in [9.17, 15) is 51.8 Å². The van der Waals surface area contributed by atoms with Crippen LogP contribution in [0.2, 0.25) is 0 Å². The molecule has 2 heterocycles. The molecule has 1 saturated heterocycles. The lowest BCUT2D eigenvalue weighted by Gasteiger charge is -2.41. The first-order chi connectivity index (χ1) is 19.3. The zero-order chi connectivity index (χ0) is 31.2. The third-order valence-corrected chi connectivity index (χ3v) is 8.24. The van der Waals surface area contributed by atoms with Gasteiger partial charge in [-0.2, -0.15) is 5.26 Å². The van der Waals surface area contributed by atoms with Crippen molar-refractivity contribution in [2.75, 3.05) is 11.4 Å². The Hall–Kier alpha value is -3.68. The minimum atomic E-state index is -10.2. The highest BCUT2D eigenvalue weighted by Crippen LogP contribution is 3.02. The van der Waals surface area contributed by atoms with Gasteiger partial charge in [0.15, 0.2) is 6.19 Å². The third kappa shape index (κ3) is 7.02. The zero-order valence-corrected chi connectivity index (χ0v) is 22.3. The van der Waals surface area contributed by atoms with Crippen LogP contribution in [0.25, 0.3) is 0 Å². The van der Waals surface area contributed by atoms with E-state index < -0.39 is 94.5 Å². The van der Waals surface area contributed by atoms with Crippen molar-refractivity contribution in [3.05, 3.63) is 54.1 Å². The van der Waals surface area contributed by atoms with Gasteiger partial charge in [-0.1, -0.05) is 19.4 Å². The number of carbonyl (C=O) groups excluding carboxylic acids is 2. The quantitative estimate of drug-likeness (QED) is 0.278. The van der Waals surface area contributed by atoms with Gasteiger partial charge in [0.05, 0.1) is 12.7 Å². The van der Waals surface area contributed by atoms with Crippen LogP contribution in [-0.4, -0.2) is 52.4 Å². The van der Waals surface area contributed by atoms with Gasteiger partial charge in [0, 0.05) is 42.8 Å². The Morgan fingerprint density at radius 3 is 2.26 bits per heavy atom. The molecule has 2 amide bonds. The number of alkyl halides is 3. The van der Waals surface area contributed by atoms with Gasteiger partial charge >= 0.3 is 10.2 Å². The van der Waals surface area contributed by atoms with Crippen LogP contribution in [-0.2, 0) is 9.59 Å². The number of likely N-dealkylation sites (tertiary alicyclic amines) is 1. The molecule has 2 aliphatic rings. The number of nitrogens with one attached hydrogen (secondary N) is 1. The van der Waals surface area contributed by atoms with Gasteiger partial charge < -0.3 is 5.32 Å². The molecule has 1 N–H and O–H groups in total. The largest absolute Gasteiger partial charge is 0.351 e. The van der Waals surface area contributed by atoms with Crippen molar-refractivity contribution < 1.29 is 46.6 Å². The first kappa shape index (κ1) is 31.3. The Labute approximate surface area is 234 Å². The van der Waals surface area contributed by atoms with Gasteiger partial charge in [0.2, 0.25) is 11.8 Å². The molecule has 42 heavy (non-hydrogen) atoms. The van der Waals surface area contributed by atoms with E-state index in [0.29, 0.717) is 17.0 Å². The molecule has 1 aromatic heterocycles. The Bertz CT molecular complexity index is 1390. The maximum Gasteiger partial charge on any atom is 0.310 e. The number of nitriles is 1. The minimum Gasteiger partial charge on any atom is -0.351 e. The van der Waals surface area contributed by atoms with Crippen LogP contribution < -0.4 is 10.2 Å². The molecule has 0 radical (unpaired) electrons. The zero-order valence-electron chi connectivity index (χ0n) is 21.5. The third-order valence-electron chi connectivity index (χ3n) is 7.07. The maximum absolute atomic E-state index is 14.3. The summed E-state index contributed by atoms with van der Waals surface area (Å²) in [5, 5.41) is 11.9. The highest BCUT2D eigenvalue weighted by Gasteiger charge is 2.65. The highest BCUT2D eigenvalue weighted by molar-refractivity contribution is 8.45. The molecule has 4 rings (SSSR count). The molecule has 3 atom stereocenters. The fourth-order valence-corrected chi connectivity index (χ4v) is 5.67. The van der Waals surface area contributed by atoms with Gasteiger partial charge in [-0.3, -0.25) is 24.4 Å². The van der Waals surface area contributed by atoms with Crippen LogP contribution in [0.5, 0.6) is 0 Å². The summed E-state index contributed by atoms with van der Waals surface area (Å²) in [4.78, 5) is 30.2. The number of hydrogen-bond donors (Lipinski definition) is 1. The Morgan fingerprint density at radius 2 is 1.71 bits per heavy atom. The topological polar surface area (TPSA) is 89.3 Å². The van der Waals surface area contributed by atoms with Gasteiger partial charge in [-0.15, -0.1) is 0 Å². The standard InChI is InChI=1S/C25H24F9N5O2S/c26-16-9-15(11-36-12-16)22(23(40)37-18-5-7-25(28,29)8-6-18)39(24(41)21-10-17(27)13-38(21)14-35)19-1-3-20(4-2-19)42(30,31,32,33)34/h1-4,9,11-12,17-18,21-22H,5-8,10,13H2,(H,37,40)/t17-,21+,22?/m0/s1. The lowest BCUT2D eigenvalue weighted by Crippen LogP contribution is -2.52. The molecule has 1 unspecified atom stereocenters. The van der Waals surface area contributed by atoms with Crippen LogP contribution >= 0.6 is 10.2 Å². The lowest BCUT2D eigenvalue weighted by atomic mass is 9.91. The second-order valence-corrected chi connectivity index (χ2v) is 12.7. The number of halogens is 9. The van der Waals surface area contributed by atoms with Crippen LogP contribution in [0.4, 0.5) is 42.7 Å². The molecular weight excluding hydrogens is 605 g/mol. The molecule has 1 saturated carbocycles. The van der Waals surface area contributed by atoms with Crippen molar-refractivity contribution >= 4 is 27.7 Å². The number of amides is 2. The summed E-state index contributed by atoms with van der Waals surface area (Å²) >= 11 is 0. The van der Waals surface area contributed by atoms with E-state index in [-0.39, 0.29) is 30.5 Å². The molecular formula is C25H24F9N5O2S. The SMILES string of the molecule is N#CN1C[C@@H](F)C[C@@H]1C(=O)N(c1ccc(S(F)(F)(F)(F)F)cc1)C(C(=O)NC1CCC(F)(F)CC1)c1cncc(F)c1. The van der Waals surface area contributed by atoms with E-state index in [1.165, 1.54) is 0 Å². The average Bonchev–Trinajstić information content (AvgIpc) is 3.27. The molecule has 0 bridgehead atoms. The molecule has 1 aliphatic carbocycles. The van der Waals surface area contributed by atoms with E-state index >= 15 is 0 Å². The molecule has 1 aliphatic heterocycles. The van der Waals surface area contributed by atoms with Crippen molar-refractivity contribution in [1.29, 1.82) is 5.26 Å². The van der Waals surface area contributed by atoms with E-state index in [2.05, 4.69) is 10.3 Å². The molecule has 7 nitrogen and oxygen atoms in total. The van der Waals surface area contributed by atoms with Crippen molar-refractivity contribution in [2.45, 2.75) is 67.2 Å². The van der Waals surface area contributed by atoms with Gasteiger partial charge in [-0.25, -0.2) is 17.6 Å². The fourth-order valence-electron chi connectivity index (χ4n) is 5.02. The molecule has 2 fully saturated rings. The number of pyridine rings is 1. The highest BCUT2D eigenvalue weighted by atomic mass is 32.5. The maximum atomic E-state index is 14.3. The molecule has 0 spiro atoms. The number of aromatic nitrogens is 1.